The second-order valence-electron chi connectivity index (χ2n) is 35.2. The highest BCUT2D eigenvalue weighted by molar-refractivity contribution is 4.84. The van der Waals surface area contributed by atoms with Crippen LogP contribution in [-0.2, 0) is 0 Å². The van der Waals surface area contributed by atoms with Crippen LogP contribution in [-0.4, -0.2) is 30.9 Å². The van der Waals surface area contributed by atoms with Gasteiger partial charge in [0, 0.05) is 4.11 Å². The van der Waals surface area contributed by atoms with E-state index in [4.69, 9.17) is 4.11 Å². The molecule has 11 unspecified atom stereocenters. The summed E-state index contributed by atoms with van der Waals surface area (Å²) in [6, 6.07) is 0. The van der Waals surface area contributed by atoms with Crippen LogP contribution in [0, 0.1) is 117 Å². The van der Waals surface area contributed by atoms with Gasteiger partial charge < -0.3 is 0 Å². The molecule has 0 aromatic rings. The molecule has 4 aliphatic rings. The number of unbranched alkanes of at least 4 members (excludes halogenated alkanes) is 2. The van der Waals surface area contributed by atoms with Crippen LogP contribution in [0.15, 0.2) is 0 Å². The lowest BCUT2D eigenvalue weighted by atomic mass is 9.73. The Kier molecular flexibility index (Phi) is 68.0. The predicted octanol–water partition coefficient (Wildman–Crippen LogP) is 35.2. The van der Waals surface area contributed by atoms with Gasteiger partial charge in [-0.3, -0.25) is 0 Å². The molecule has 0 radical (unpaired) electrons. The van der Waals surface area contributed by atoms with E-state index in [-0.39, 0.29) is 59.7 Å². The summed E-state index contributed by atoms with van der Waals surface area (Å²) in [5.74, 6) is -0.360. The SMILES string of the molecule is CC1CC(C(F)(F)F)C[C@@H](C)C1.CC1CC(C)C(C(F)(F)F)C1.CC1CCC(C)C1C.CC1CCCC(C(F)(F)F)[C@@H]1C.CCC(C)C.CCC(C)C(F)(F)F.CCCC(C)(C)C.CCCC(C)(C)C.CCCC(C)C.CCCC(C)C(F)(F)F.CCCCC.[2H]C(C)(C)C.[2H]C([2H])(C)C(C)(C)C. The van der Waals surface area contributed by atoms with E-state index in [1.165, 1.54) is 97.8 Å². The van der Waals surface area contributed by atoms with Gasteiger partial charge in [-0.05, 0) is 151 Å². The van der Waals surface area contributed by atoms with E-state index in [2.05, 4.69) is 132 Å². The van der Waals surface area contributed by atoms with Crippen LogP contribution in [0.1, 0.15) is 407 Å². The van der Waals surface area contributed by atoms with Gasteiger partial charge in [0.1, 0.15) is 0 Å². The Labute approximate surface area is 618 Å². The van der Waals surface area contributed by atoms with Gasteiger partial charge in [-0.15, -0.1) is 0 Å². The number of alkyl halides is 15. The van der Waals surface area contributed by atoms with Gasteiger partial charge in [0.2, 0.25) is 0 Å². The zero-order chi connectivity index (χ0) is 84.5. The molecule has 4 rings (SSSR count). The van der Waals surface area contributed by atoms with E-state index < -0.39 is 66.8 Å². The first-order chi connectivity index (χ1) is 45.7. The molecule has 0 aromatic heterocycles. The minimum Gasteiger partial charge on any atom is -0.171 e. The summed E-state index contributed by atoms with van der Waals surface area (Å²) in [6.45, 7) is 72.6. The second-order valence-corrected chi connectivity index (χ2v) is 35.2. The molecular weight excluding hydrogens is 1310 g/mol. The summed E-state index contributed by atoms with van der Waals surface area (Å²) in [5, 5.41) is 0. The number of rotatable bonds is 10. The Morgan fingerprint density at radius 3 is 0.810 bits per heavy atom. The second kappa shape index (κ2) is 61.9. The van der Waals surface area contributed by atoms with Crippen molar-refractivity contribution in [2.45, 2.75) is 434 Å². The molecule has 4 aliphatic carbocycles. The van der Waals surface area contributed by atoms with Crippen LogP contribution < -0.4 is 0 Å². The quantitative estimate of drug-likeness (QED) is 0.191. The van der Waals surface area contributed by atoms with E-state index in [1.807, 2.05) is 69.2 Å². The standard InChI is InChI=1S/2C9H15F3.C8H13F3.C8H16.2C7H16.C6H11F3.2C6H14.C5H9F3.2C5H12.C4H10/c1-6-3-7(2)5-8(4-6)9(10,11)12;1-6-4-3-5-8(7(6)2)9(10,11)12;1-5-3-6(2)7(4-5)8(9,10)11;1-6-4-5-7(2)8(6)3;2*1-5-6-7(2,3)4;1-3-4-5(2)6(7,8)9;1-5-6(2,3)4;1-4-5-6(2)3;1-3-4(2)5(6,7)8;1-4-5(2)3;1-3-5-4-2;1-4(2)3/h2*6-8H,3-5H2,1-2H3;5-7H,3-4H2,1-2H3;6-8H,4-5H2,1-3H3;2*5-6H2,1-4H3;5H,3-4H2,1-2H3;5H2,1-4H3;6H,4-5H2,1-3H3;4H,3H2,1-2H3;5H,4H2,1-3H3;3-5H2,1-2H3;4H,1-3H3/t6-,7?,8?;6?,7-,8?;;;;;;;;;;;/m01.........../s1/i;;;;;;;5D2;;;;;4D. The van der Waals surface area contributed by atoms with E-state index in [0.29, 0.717) is 42.9 Å². The third-order valence-corrected chi connectivity index (χ3v) is 18.8. The van der Waals surface area contributed by atoms with E-state index in [1.54, 1.807) is 27.7 Å². The molecule has 100 heavy (non-hydrogen) atoms. The molecule has 0 amide bonds. The number of halogens is 15. The summed E-state index contributed by atoms with van der Waals surface area (Å²) < 4.78 is 201. The first-order valence-electron chi connectivity index (χ1n) is 41.1. The number of hydrogen-bond donors (Lipinski definition) is 0. The maximum Gasteiger partial charge on any atom is 0.392 e. The largest absolute Gasteiger partial charge is 0.392 e. The van der Waals surface area contributed by atoms with Crippen molar-refractivity contribution in [2.24, 2.45) is 117 Å². The molecule has 0 saturated heterocycles. The van der Waals surface area contributed by atoms with Crippen LogP contribution in [0.25, 0.3) is 0 Å². The Hall–Kier alpha value is -1.05. The number of hydrogen-bond acceptors (Lipinski definition) is 0. The normalized spacial score (nSPS) is 25.0. The lowest BCUT2D eigenvalue weighted by Gasteiger charge is -2.35. The maximum atomic E-state index is 12.4. The zero-order valence-electron chi connectivity index (χ0n) is 75.2. The lowest BCUT2D eigenvalue weighted by molar-refractivity contribution is -0.199. The smallest absolute Gasteiger partial charge is 0.171 e. The topological polar surface area (TPSA) is 0 Å². The van der Waals surface area contributed by atoms with Gasteiger partial charge in [0.05, 0.1) is 29.6 Å². The highest BCUT2D eigenvalue weighted by atomic mass is 19.4. The highest BCUT2D eigenvalue weighted by Gasteiger charge is 2.48. The maximum absolute atomic E-state index is 12.4. The predicted molar refractivity (Wildman–Crippen MR) is 412 cm³/mol. The Morgan fingerprint density at radius 1 is 0.350 bits per heavy atom. The first-order valence-corrected chi connectivity index (χ1v) is 39.6. The molecule has 0 bridgehead atoms. The van der Waals surface area contributed by atoms with Crippen molar-refractivity contribution in [3.8, 4) is 0 Å². The van der Waals surface area contributed by atoms with Crippen LogP contribution in [0.2, 0.25) is 0 Å². The molecule has 618 valence electrons. The van der Waals surface area contributed by atoms with Gasteiger partial charge >= 0.3 is 30.9 Å². The lowest BCUT2D eigenvalue weighted by Crippen LogP contribution is -2.35. The van der Waals surface area contributed by atoms with Gasteiger partial charge in [0.25, 0.3) is 0 Å². The minimum atomic E-state index is -3.99. The van der Waals surface area contributed by atoms with Gasteiger partial charge in [-0.25, -0.2) is 0 Å². The fraction of sp³-hybridized carbons (Fsp3) is 1.00. The van der Waals surface area contributed by atoms with E-state index >= 15 is 0 Å². The Morgan fingerprint density at radius 2 is 0.680 bits per heavy atom. The molecule has 0 aromatic carbocycles. The van der Waals surface area contributed by atoms with Gasteiger partial charge in [-0.1, -0.05) is 339 Å². The fourth-order valence-corrected chi connectivity index (χ4v) is 11.1. The van der Waals surface area contributed by atoms with Crippen molar-refractivity contribution >= 4 is 0 Å². The van der Waals surface area contributed by atoms with Crippen molar-refractivity contribution in [3.63, 3.8) is 0 Å². The molecule has 4 saturated carbocycles. The van der Waals surface area contributed by atoms with Crippen molar-refractivity contribution in [3.05, 3.63) is 0 Å². The van der Waals surface area contributed by atoms with Crippen LogP contribution >= 0.6 is 0 Å². The minimum absolute atomic E-state index is 0.170. The molecule has 0 nitrogen and oxygen atoms in total. The van der Waals surface area contributed by atoms with Crippen LogP contribution in [0.3, 0.4) is 0 Å². The first kappa shape index (κ1) is 110. The summed E-state index contributed by atoms with van der Waals surface area (Å²) in [5.41, 5.74) is 0.872. The average Bonchev–Trinajstić information content (AvgIpc) is 1.72. The molecule has 4 fully saturated rings. The summed E-state index contributed by atoms with van der Waals surface area (Å²) in [7, 11) is 0. The van der Waals surface area contributed by atoms with E-state index in [9.17, 15) is 65.9 Å². The monoisotopic (exact) mass is 1480 g/mol. The summed E-state index contributed by atoms with van der Waals surface area (Å²) >= 11 is 0. The summed E-state index contributed by atoms with van der Waals surface area (Å²) in [4.78, 5) is 0. The molecule has 0 N–H and O–H groups in total. The Bertz CT molecular complexity index is 1770. The van der Waals surface area contributed by atoms with E-state index in [0.717, 1.165) is 55.3 Å². The van der Waals surface area contributed by atoms with Crippen molar-refractivity contribution in [1.82, 2.24) is 0 Å². The average molecular weight is 1480 g/mol. The van der Waals surface area contributed by atoms with Crippen LogP contribution in [0.4, 0.5) is 65.9 Å². The van der Waals surface area contributed by atoms with Crippen molar-refractivity contribution < 1.29 is 70.0 Å². The molecule has 0 heterocycles. The van der Waals surface area contributed by atoms with Gasteiger partial charge in [0.15, 0.2) is 0 Å². The molecular formula is C85H173F15. The zero-order valence-corrected chi connectivity index (χ0v) is 72.2. The summed E-state index contributed by atoms with van der Waals surface area (Å²) in [6.07, 6.45) is 1.02. The molecule has 0 spiro atoms. The van der Waals surface area contributed by atoms with Crippen molar-refractivity contribution in [2.75, 3.05) is 0 Å². The molecule has 13 atom stereocenters. The molecule has 0 aliphatic heterocycles. The third-order valence-electron chi connectivity index (χ3n) is 18.8. The molecule has 15 heteroatoms. The van der Waals surface area contributed by atoms with Crippen molar-refractivity contribution in [1.29, 1.82) is 0 Å². The van der Waals surface area contributed by atoms with Gasteiger partial charge in [-0.2, -0.15) is 65.9 Å². The fourth-order valence-electron chi connectivity index (χ4n) is 11.1. The Balaban J connectivity index is -0.000000134. The highest BCUT2D eigenvalue weighted by Crippen LogP contribution is 2.46. The van der Waals surface area contributed by atoms with Crippen LogP contribution in [0.5, 0.6) is 0 Å². The third kappa shape index (κ3) is 84.2.